The van der Waals surface area contributed by atoms with Crippen LogP contribution in [0, 0.1) is 0 Å². The van der Waals surface area contributed by atoms with Crippen molar-refractivity contribution in [1.29, 1.82) is 0 Å². The summed E-state index contributed by atoms with van der Waals surface area (Å²) in [6.07, 6.45) is 5.07. The Hall–Kier alpha value is -1.91. The quantitative estimate of drug-likeness (QED) is 0.526. The van der Waals surface area contributed by atoms with Gasteiger partial charge in [-0.3, -0.25) is 4.79 Å². The third-order valence-corrected chi connectivity index (χ3v) is 3.31. The van der Waals surface area contributed by atoms with E-state index in [0.717, 1.165) is 0 Å². The molecular formula is C14H12Cl2N3O+. The summed E-state index contributed by atoms with van der Waals surface area (Å²) in [7, 11) is 0. The number of amides is 1. The predicted octanol–water partition coefficient (Wildman–Crippen LogP) is 2.43. The number of hydrogen-bond acceptors (Lipinski definition) is 2. The molecule has 0 spiro atoms. The van der Waals surface area contributed by atoms with E-state index in [1.165, 1.54) is 6.21 Å². The number of halogens is 2. The summed E-state index contributed by atoms with van der Waals surface area (Å²) in [4.78, 5) is 11.6. The van der Waals surface area contributed by atoms with Crippen LogP contribution in [0.3, 0.4) is 0 Å². The number of aromatic nitrogens is 1. The molecule has 0 aliphatic carbocycles. The highest BCUT2D eigenvalue weighted by atomic mass is 35.5. The van der Waals surface area contributed by atoms with Gasteiger partial charge in [-0.2, -0.15) is 9.67 Å². The van der Waals surface area contributed by atoms with E-state index in [-0.39, 0.29) is 12.5 Å². The molecule has 6 heteroatoms. The molecule has 0 fully saturated rings. The largest absolute Gasteiger partial charge is 0.305 e. The molecule has 2 rings (SSSR count). The predicted molar refractivity (Wildman–Crippen MR) is 78.8 cm³/mol. The van der Waals surface area contributed by atoms with E-state index < -0.39 is 0 Å². The van der Waals surface area contributed by atoms with E-state index in [9.17, 15) is 4.79 Å². The zero-order valence-electron chi connectivity index (χ0n) is 10.5. The Morgan fingerprint density at radius 1 is 1.20 bits per heavy atom. The molecule has 0 unspecified atom stereocenters. The fourth-order valence-corrected chi connectivity index (χ4v) is 1.89. The Kier molecular flexibility index (Phi) is 5.09. The molecule has 0 bridgehead atoms. The van der Waals surface area contributed by atoms with Gasteiger partial charge >= 0.3 is 5.91 Å². The van der Waals surface area contributed by atoms with Crippen LogP contribution in [0.5, 0.6) is 0 Å². The number of nitrogens with zero attached hydrogens (tertiary/aromatic N) is 2. The fourth-order valence-electron chi connectivity index (χ4n) is 1.53. The molecule has 0 saturated carbocycles. The molecule has 1 heterocycles. The first-order chi connectivity index (χ1) is 9.66. The van der Waals surface area contributed by atoms with Gasteiger partial charge < -0.3 is 0 Å². The van der Waals surface area contributed by atoms with Gasteiger partial charge in [0.05, 0.1) is 16.3 Å². The maximum atomic E-state index is 11.6. The summed E-state index contributed by atoms with van der Waals surface area (Å²) in [5.41, 5.74) is 3.08. The summed E-state index contributed by atoms with van der Waals surface area (Å²) in [6.45, 7) is 0.196. The number of rotatable bonds is 4. The Bertz CT molecular complexity index is 630. The monoisotopic (exact) mass is 308 g/mol. The molecule has 1 aromatic heterocycles. The van der Waals surface area contributed by atoms with Crippen LogP contribution in [0.1, 0.15) is 5.56 Å². The van der Waals surface area contributed by atoms with E-state index in [0.29, 0.717) is 15.6 Å². The van der Waals surface area contributed by atoms with Gasteiger partial charge in [-0.05, 0) is 6.07 Å². The second-order valence-corrected chi connectivity index (χ2v) is 4.77. The average Bonchev–Trinajstić information content (AvgIpc) is 2.44. The van der Waals surface area contributed by atoms with Gasteiger partial charge in [0.25, 0.3) is 0 Å². The SMILES string of the molecule is O=C(C[n+]1ccccc1)NN=Cc1cccc(Cl)c1Cl. The standard InChI is InChI=1S/C14H11Cl2N3O/c15-12-6-4-5-11(14(12)16)9-17-18-13(20)10-19-7-2-1-3-8-19/h1-9H,10H2/p+1. The zero-order chi connectivity index (χ0) is 14.4. The molecule has 1 N–H and O–H groups in total. The van der Waals surface area contributed by atoms with Crippen LogP contribution < -0.4 is 9.99 Å². The van der Waals surface area contributed by atoms with Crippen molar-refractivity contribution in [2.45, 2.75) is 6.54 Å². The minimum absolute atomic E-state index is 0.196. The Morgan fingerprint density at radius 2 is 1.95 bits per heavy atom. The van der Waals surface area contributed by atoms with Crippen LogP contribution in [-0.4, -0.2) is 12.1 Å². The van der Waals surface area contributed by atoms with E-state index in [4.69, 9.17) is 23.2 Å². The van der Waals surface area contributed by atoms with Crippen molar-refractivity contribution in [3.05, 3.63) is 64.4 Å². The zero-order valence-corrected chi connectivity index (χ0v) is 12.0. The molecule has 4 nitrogen and oxygen atoms in total. The molecule has 2 aromatic rings. The third-order valence-electron chi connectivity index (χ3n) is 2.48. The Labute approximate surface area is 126 Å². The van der Waals surface area contributed by atoms with Crippen molar-refractivity contribution in [1.82, 2.24) is 5.43 Å². The molecule has 0 aliphatic heterocycles. The number of hydrogen-bond donors (Lipinski definition) is 1. The van der Waals surface area contributed by atoms with Crippen LogP contribution >= 0.6 is 23.2 Å². The number of carbonyl (C=O) groups excluding carboxylic acids is 1. The van der Waals surface area contributed by atoms with Crippen molar-refractivity contribution in [2.24, 2.45) is 5.10 Å². The lowest BCUT2D eigenvalue weighted by Gasteiger charge is -2.00. The van der Waals surface area contributed by atoms with Crippen LogP contribution in [0.25, 0.3) is 0 Å². The molecule has 0 aliphatic rings. The van der Waals surface area contributed by atoms with Gasteiger partial charge in [0.1, 0.15) is 0 Å². The smallest absolute Gasteiger partial charge is 0.266 e. The van der Waals surface area contributed by atoms with Gasteiger partial charge in [0.15, 0.2) is 12.4 Å². The summed E-state index contributed by atoms with van der Waals surface area (Å²) in [6, 6.07) is 10.8. The van der Waals surface area contributed by atoms with E-state index >= 15 is 0 Å². The normalized spacial score (nSPS) is 10.7. The molecular weight excluding hydrogens is 297 g/mol. The van der Waals surface area contributed by atoms with Gasteiger partial charge in [0.2, 0.25) is 6.54 Å². The van der Waals surface area contributed by atoms with E-state index in [1.54, 1.807) is 35.2 Å². The van der Waals surface area contributed by atoms with Crippen LogP contribution in [-0.2, 0) is 11.3 Å². The highest BCUT2D eigenvalue weighted by Gasteiger charge is 2.07. The maximum Gasteiger partial charge on any atom is 0.305 e. The number of nitrogens with one attached hydrogen (secondary N) is 1. The minimum atomic E-state index is -0.226. The molecule has 0 atom stereocenters. The summed E-state index contributed by atoms with van der Waals surface area (Å²) in [5.74, 6) is -0.226. The van der Waals surface area contributed by atoms with Crippen molar-refractivity contribution >= 4 is 35.3 Å². The second-order valence-electron chi connectivity index (χ2n) is 3.98. The lowest BCUT2D eigenvalue weighted by molar-refractivity contribution is -0.684. The molecule has 1 aromatic carbocycles. The lowest BCUT2D eigenvalue weighted by Crippen LogP contribution is -2.40. The van der Waals surface area contributed by atoms with Crippen molar-refractivity contribution < 1.29 is 9.36 Å². The topological polar surface area (TPSA) is 45.3 Å². The summed E-state index contributed by atoms with van der Waals surface area (Å²) >= 11 is 11.9. The number of benzene rings is 1. The fraction of sp³-hybridized carbons (Fsp3) is 0.0714. The lowest BCUT2D eigenvalue weighted by atomic mass is 10.2. The van der Waals surface area contributed by atoms with Gasteiger partial charge in [-0.1, -0.05) is 41.4 Å². The van der Waals surface area contributed by atoms with E-state index in [2.05, 4.69) is 10.5 Å². The maximum absolute atomic E-state index is 11.6. The first kappa shape index (κ1) is 14.5. The Balaban J connectivity index is 1.93. The third kappa shape index (κ3) is 4.05. The molecule has 1 amide bonds. The van der Waals surface area contributed by atoms with Gasteiger partial charge in [-0.15, -0.1) is 0 Å². The van der Waals surface area contributed by atoms with Crippen molar-refractivity contribution in [3.63, 3.8) is 0 Å². The van der Waals surface area contributed by atoms with Gasteiger partial charge in [0, 0.05) is 17.7 Å². The first-order valence-corrected chi connectivity index (χ1v) is 6.62. The van der Waals surface area contributed by atoms with E-state index in [1.807, 2.05) is 18.2 Å². The molecule has 0 radical (unpaired) electrons. The van der Waals surface area contributed by atoms with Crippen LogP contribution in [0.4, 0.5) is 0 Å². The average molecular weight is 309 g/mol. The Morgan fingerprint density at radius 3 is 2.70 bits per heavy atom. The molecule has 20 heavy (non-hydrogen) atoms. The minimum Gasteiger partial charge on any atom is -0.266 e. The highest BCUT2D eigenvalue weighted by Crippen LogP contribution is 2.23. The number of pyridine rings is 1. The highest BCUT2D eigenvalue weighted by molar-refractivity contribution is 6.43. The van der Waals surface area contributed by atoms with Crippen molar-refractivity contribution in [3.8, 4) is 0 Å². The summed E-state index contributed by atoms with van der Waals surface area (Å²) < 4.78 is 1.75. The number of carbonyl (C=O) groups is 1. The van der Waals surface area contributed by atoms with Crippen LogP contribution in [0.15, 0.2) is 53.9 Å². The molecule has 102 valence electrons. The van der Waals surface area contributed by atoms with Gasteiger partial charge in [-0.25, -0.2) is 5.43 Å². The summed E-state index contributed by atoms with van der Waals surface area (Å²) in [5, 5.41) is 4.71. The van der Waals surface area contributed by atoms with Crippen molar-refractivity contribution in [2.75, 3.05) is 0 Å². The van der Waals surface area contributed by atoms with Crippen LogP contribution in [0.2, 0.25) is 10.0 Å². The second kappa shape index (κ2) is 7.03. The first-order valence-electron chi connectivity index (χ1n) is 5.87. The number of hydrazone groups is 1. The molecule has 0 saturated heterocycles.